The number of hydrogen-bond donors (Lipinski definition) is 1. The lowest BCUT2D eigenvalue weighted by Gasteiger charge is -2.23. The number of anilines is 1. The van der Waals surface area contributed by atoms with Crippen LogP contribution < -0.4 is 5.32 Å². The van der Waals surface area contributed by atoms with Crippen LogP contribution in [0.15, 0.2) is 40.6 Å². The Morgan fingerprint density at radius 2 is 1.87 bits per heavy atom. The highest BCUT2D eigenvalue weighted by atomic mass is 35.5. The number of nitrogens with zero attached hydrogens (tertiary/aromatic N) is 2. The number of likely N-dealkylation sites (tertiary alicyclic amines) is 1. The van der Waals surface area contributed by atoms with E-state index >= 15 is 0 Å². The van der Waals surface area contributed by atoms with E-state index in [-0.39, 0.29) is 23.4 Å². The van der Waals surface area contributed by atoms with Gasteiger partial charge in [-0.05, 0) is 61.9 Å². The molecule has 1 N–H and O–H groups in total. The van der Waals surface area contributed by atoms with E-state index in [4.69, 9.17) is 11.6 Å². The van der Waals surface area contributed by atoms with Crippen molar-refractivity contribution in [1.29, 1.82) is 0 Å². The van der Waals surface area contributed by atoms with Gasteiger partial charge < -0.3 is 5.32 Å². The van der Waals surface area contributed by atoms with Crippen LogP contribution in [0.1, 0.15) is 49.4 Å². The number of hydrogen-bond acceptors (Lipinski definition) is 5. The Kier molecular flexibility index (Phi) is 7.33. The second-order valence-corrected chi connectivity index (χ2v) is 11.5. The maximum Gasteiger partial charge on any atom is 0.243 e. The van der Waals surface area contributed by atoms with Crippen LogP contribution in [0, 0.1) is 0 Å². The lowest BCUT2D eigenvalue weighted by Crippen LogP contribution is -2.33. The average molecular weight is 482 g/mol. The quantitative estimate of drug-likeness (QED) is 0.646. The van der Waals surface area contributed by atoms with Crippen molar-refractivity contribution in [2.75, 3.05) is 31.5 Å². The first-order valence-electron chi connectivity index (χ1n) is 10.8. The third-order valence-corrected chi connectivity index (χ3v) is 9.19. The first-order valence-corrected chi connectivity index (χ1v) is 13.5. The number of benzene rings is 1. The monoisotopic (exact) mass is 481 g/mol. The number of sulfonamides is 1. The van der Waals surface area contributed by atoms with Crippen LogP contribution in [0.4, 0.5) is 5.69 Å². The maximum absolute atomic E-state index is 13.1. The Hall–Kier alpha value is -1.45. The number of halogens is 1. The number of carbonyl (C=O) groups excluding carboxylic acids is 1. The van der Waals surface area contributed by atoms with E-state index in [1.807, 2.05) is 6.07 Å². The molecule has 1 unspecified atom stereocenters. The van der Waals surface area contributed by atoms with Crippen LogP contribution in [0.3, 0.4) is 0 Å². The molecule has 2 saturated heterocycles. The molecule has 0 bridgehead atoms. The van der Waals surface area contributed by atoms with Crippen molar-refractivity contribution in [3.8, 4) is 0 Å². The molecule has 168 valence electrons. The minimum Gasteiger partial charge on any atom is -0.324 e. The zero-order valence-corrected chi connectivity index (χ0v) is 19.8. The molecule has 2 fully saturated rings. The first kappa shape index (κ1) is 22.7. The van der Waals surface area contributed by atoms with Crippen LogP contribution in [0.25, 0.3) is 0 Å². The highest BCUT2D eigenvalue weighted by molar-refractivity contribution is 7.89. The molecule has 4 rings (SSSR count). The van der Waals surface area contributed by atoms with Crippen LogP contribution in [-0.2, 0) is 14.8 Å². The Balaban J connectivity index is 1.46. The SMILES string of the molecule is O=C(CN1CCCC1c1cccs1)Nc1cc(S(=O)(=O)N2CCCCCC2)ccc1Cl. The summed E-state index contributed by atoms with van der Waals surface area (Å²) in [6.07, 6.45) is 5.95. The van der Waals surface area contributed by atoms with Gasteiger partial charge in [0.05, 0.1) is 22.2 Å². The Labute approximate surface area is 193 Å². The van der Waals surface area contributed by atoms with Crippen LogP contribution in [0.5, 0.6) is 0 Å². The van der Waals surface area contributed by atoms with E-state index in [0.29, 0.717) is 23.8 Å². The van der Waals surface area contributed by atoms with Crippen molar-refractivity contribution >= 4 is 44.6 Å². The van der Waals surface area contributed by atoms with Gasteiger partial charge in [0.2, 0.25) is 15.9 Å². The fourth-order valence-electron chi connectivity index (χ4n) is 4.38. The molecule has 0 radical (unpaired) electrons. The molecular weight excluding hydrogens is 454 g/mol. The molecule has 2 aromatic rings. The van der Waals surface area contributed by atoms with Crippen molar-refractivity contribution in [3.05, 3.63) is 45.6 Å². The van der Waals surface area contributed by atoms with E-state index in [2.05, 4.69) is 21.7 Å². The van der Waals surface area contributed by atoms with Gasteiger partial charge in [-0.3, -0.25) is 9.69 Å². The first-order chi connectivity index (χ1) is 14.9. The minimum absolute atomic E-state index is 0.173. The molecule has 0 aliphatic carbocycles. The average Bonchev–Trinajstić information content (AvgIpc) is 3.34. The number of thiophene rings is 1. The molecule has 31 heavy (non-hydrogen) atoms. The third kappa shape index (κ3) is 5.31. The van der Waals surface area contributed by atoms with Crippen molar-refractivity contribution in [2.45, 2.75) is 49.5 Å². The summed E-state index contributed by atoms with van der Waals surface area (Å²) >= 11 is 8.01. The van der Waals surface area contributed by atoms with Crippen molar-refractivity contribution in [2.24, 2.45) is 0 Å². The molecule has 0 saturated carbocycles. The summed E-state index contributed by atoms with van der Waals surface area (Å²) in [6, 6.07) is 8.96. The Morgan fingerprint density at radius 1 is 1.10 bits per heavy atom. The number of carbonyl (C=O) groups is 1. The fourth-order valence-corrected chi connectivity index (χ4v) is 6.99. The van der Waals surface area contributed by atoms with Gasteiger partial charge in [-0.15, -0.1) is 11.3 Å². The molecule has 2 aliphatic rings. The smallest absolute Gasteiger partial charge is 0.243 e. The zero-order valence-electron chi connectivity index (χ0n) is 17.4. The largest absolute Gasteiger partial charge is 0.324 e. The molecule has 1 amide bonds. The topological polar surface area (TPSA) is 69.7 Å². The summed E-state index contributed by atoms with van der Waals surface area (Å²) in [4.78, 5) is 16.4. The summed E-state index contributed by atoms with van der Waals surface area (Å²) in [6.45, 7) is 2.19. The van der Waals surface area contributed by atoms with Crippen LogP contribution in [0.2, 0.25) is 5.02 Å². The van der Waals surface area contributed by atoms with E-state index in [1.54, 1.807) is 21.7 Å². The highest BCUT2D eigenvalue weighted by Crippen LogP contribution is 2.34. The predicted octanol–water partition coefficient (Wildman–Crippen LogP) is 4.74. The van der Waals surface area contributed by atoms with Crippen molar-refractivity contribution in [1.82, 2.24) is 9.21 Å². The summed E-state index contributed by atoms with van der Waals surface area (Å²) in [5, 5.41) is 5.23. The summed E-state index contributed by atoms with van der Waals surface area (Å²) < 4.78 is 27.8. The maximum atomic E-state index is 13.1. The molecular formula is C22H28ClN3O3S2. The normalized spacial score (nSPS) is 21.1. The van der Waals surface area contributed by atoms with E-state index in [9.17, 15) is 13.2 Å². The molecule has 2 aliphatic heterocycles. The predicted molar refractivity (Wildman–Crippen MR) is 125 cm³/mol. The lowest BCUT2D eigenvalue weighted by molar-refractivity contribution is -0.117. The number of nitrogens with one attached hydrogen (secondary N) is 1. The van der Waals surface area contributed by atoms with Gasteiger partial charge in [0, 0.05) is 24.0 Å². The van der Waals surface area contributed by atoms with E-state index in [1.165, 1.54) is 17.0 Å². The van der Waals surface area contributed by atoms with Gasteiger partial charge >= 0.3 is 0 Å². The zero-order chi connectivity index (χ0) is 21.8. The second kappa shape index (κ2) is 10.0. The van der Waals surface area contributed by atoms with Crippen molar-refractivity contribution < 1.29 is 13.2 Å². The summed E-state index contributed by atoms with van der Waals surface area (Å²) in [5.74, 6) is -0.185. The van der Waals surface area contributed by atoms with Gasteiger partial charge in [0.1, 0.15) is 0 Å². The van der Waals surface area contributed by atoms with Crippen LogP contribution >= 0.6 is 22.9 Å². The second-order valence-electron chi connectivity index (χ2n) is 8.15. The van der Waals surface area contributed by atoms with Gasteiger partial charge in [-0.25, -0.2) is 8.42 Å². The standard InChI is InChI=1S/C22H28ClN3O3S2/c23-18-10-9-17(31(28,29)26-12-3-1-2-4-13-26)15-19(18)24-22(27)16-25-11-5-7-20(25)21-8-6-14-30-21/h6,8-10,14-15,20H,1-5,7,11-13,16H2,(H,24,27). The molecule has 1 aromatic carbocycles. The van der Waals surface area contributed by atoms with Gasteiger partial charge in [-0.2, -0.15) is 4.31 Å². The third-order valence-electron chi connectivity index (χ3n) is 6.00. The minimum atomic E-state index is -3.61. The number of amides is 1. The van der Waals surface area contributed by atoms with E-state index < -0.39 is 10.0 Å². The molecule has 1 atom stereocenters. The molecule has 6 nitrogen and oxygen atoms in total. The van der Waals surface area contributed by atoms with E-state index in [0.717, 1.165) is 45.1 Å². The summed E-state index contributed by atoms with van der Waals surface area (Å²) in [5.41, 5.74) is 0.342. The van der Waals surface area contributed by atoms with Crippen LogP contribution in [-0.4, -0.2) is 49.7 Å². The molecule has 1 aromatic heterocycles. The lowest BCUT2D eigenvalue weighted by atomic mass is 10.2. The highest BCUT2D eigenvalue weighted by Gasteiger charge is 2.29. The Bertz CT molecular complexity index is 1000. The number of rotatable bonds is 6. The molecule has 0 spiro atoms. The Morgan fingerprint density at radius 3 is 2.58 bits per heavy atom. The van der Waals surface area contributed by atoms with Crippen molar-refractivity contribution in [3.63, 3.8) is 0 Å². The van der Waals surface area contributed by atoms with Gasteiger partial charge in [0.25, 0.3) is 0 Å². The van der Waals surface area contributed by atoms with Gasteiger partial charge in [0.15, 0.2) is 0 Å². The van der Waals surface area contributed by atoms with Gasteiger partial charge in [-0.1, -0.05) is 30.5 Å². The molecule has 9 heteroatoms. The molecule has 3 heterocycles. The summed E-state index contributed by atoms with van der Waals surface area (Å²) in [7, 11) is -3.61. The fraction of sp³-hybridized carbons (Fsp3) is 0.500.